The first kappa shape index (κ1) is 20.3. The third-order valence-corrected chi connectivity index (χ3v) is 5.26. The number of allylic oxidation sites excluding steroid dienone is 1. The van der Waals surface area contributed by atoms with Crippen LogP contribution in [0.1, 0.15) is 56.1 Å². The van der Waals surface area contributed by atoms with Crippen LogP contribution in [-0.2, 0) is 11.2 Å². The van der Waals surface area contributed by atoms with Crippen molar-refractivity contribution in [1.82, 2.24) is 14.5 Å². The molecule has 0 aliphatic rings. The highest BCUT2D eigenvalue weighted by Gasteiger charge is 2.17. The van der Waals surface area contributed by atoms with E-state index in [9.17, 15) is 0 Å². The molecule has 3 aromatic rings. The van der Waals surface area contributed by atoms with Crippen LogP contribution in [0.4, 0.5) is 0 Å². The van der Waals surface area contributed by atoms with Crippen LogP contribution < -0.4 is 0 Å². The Balaban J connectivity index is 2.20. The van der Waals surface area contributed by atoms with Crippen molar-refractivity contribution >= 4 is 16.7 Å². The van der Waals surface area contributed by atoms with Gasteiger partial charge in [0, 0.05) is 36.0 Å². The van der Waals surface area contributed by atoms with Gasteiger partial charge >= 0.3 is 0 Å². The molecule has 0 saturated carbocycles. The van der Waals surface area contributed by atoms with Gasteiger partial charge in [0.15, 0.2) is 0 Å². The predicted molar refractivity (Wildman–Crippen MR) is 118 cm³/mol. The van der Waals surface area contributed by atoms with E-state index in [1.54, 1.807) is 7.11 Å². The zero-order chi connectivity index (χ0) is 20.4. The second kappa shape index (κ2) is 8.27. The minimum atomic E-state index is 0.423. The Morgan fingerprint density at radius 3 is 2.54 bits per heavy atom. The van der Waals surface area contributed by atoms with Gasteiger partial charge in [0.05, 0.1) is 23.3 Å². The van der Waals surface area contributed by atoms with Crippen LogP contribution in [0, 0.1) is 13.8 Å². The number of pyridine rings is 2. The molecular weight excluding hydrogens is 346 g/mol. The van der Waals surface area contributed by atoms with Crippen molar-refractivity contribution in [2.45, 2.75) is 53.9 Å². The largest absolute Gasteiger partial charge is 0.378 e. The molecule has 0 atom stereocenters. The molecule has 0 unspecified atom stereocenters. The third kappa shape index (κ3) is 3.61. The maximum absolute atomic E-state index is 5.37. The van der Waals surface area contributed by atoms with E-state index >= 15 is 0 Å². The number of aromatic nitrogens is 3. The Morgan fingerprint density at radius 2 is 1.93 bits per heavy atom. The summed E-state index contributed by atoms with van der Waals surface area (Å²) in [6.07, 6.45) is 5.14. The van der Waals surface area contributed by atoms with Gasteiger partial charge in [0.1, 0.15) is 0 Å². The standard InChI is InChI=1S/C24H31N3O/c1-8-18(14-28-7)27-13-17(6)24-22(27)12-16(5)23(26-24)19-10-11-21(15(3)4)25-20(19)9-2/h8,10-13,15H,9,14H2,1-7H3/b18-8-. The summed E-state index contributed by atoms with van der Waals surface area (Å²) in [6.45, 7) is 13.4. The highest BCUT2D eigenvalue weighted by molar-refractivity contribution is 5.87. The van der Waals surface area contributed by atoms with E-state index in [4.69, 9.17) is 14.7 Å². The van der Waals surface area contributed by atoms with E-state index in [0.29, 0.717) is 12.5 Å². The number of methoxy groups -OCH3 is 1. The monoisotopic (exact) mass is 377 g/mol. The van der Waals surface area contributed by atoms with Gasteiger partial charge < -0.3 is 9.30 Å². The summed E-state index contributed by atoms with van der Waals surface area (Å²) in [5.41, 5.74) is 10.0. The van der Waals surface area contributed by atoms with Crippen LogP contribution in [0.15, 0.2) is 30.5 Å². The molecule has 4 heteroatoms. The summed E-state index contributed by atoms with van der Waals surface area (Å²) in [7, 11) is 1.73. The fourth-order valence-electron chi connectivity index (χ4n) is 3.67. The van der Waals surface area contributed by atoms with Crippen LogP contribution in [-0.4, -0.2) is 28.3 Å². The summed E-state index contributed by atoms with van der Waals surface area (Å²) < 4.78 is 7.57. The molecule has 0 saturated heterocycles. The van der Waals surface area contributed by atoms with Gasteiger partial charge in [-0.05, 0) is 62.4 Å². The molecule has 0 spiro atoms. The number of aryl methyl sites for hydroxylation is 3. The number of hydrogen-bond donors (Lipinski definition) is 0. The van der Waals surface area contributed by atoms with Gasteiger partial charge in [-0.1, -0.05) is 26.8 Å². The van der Waals surface area contributed by atoms with Gasteiger partial charge in [-0.2, -0.15) is 0 Å². The van der Waals surface area contributed by atoms with Crippen molar-refractivity contribution in [3.8, 4) is 11.3 Å². The summed E-state index contributed by atoms with van der Waals surface area (Å²) in [4.78, 5) is 10.0. The Kier molecular flexibility index (Phi) is 5.99. The van der Waals surface area contributed by atoms with E-state index in [2.05, 4.69) is 69.7 Å². The molecular formula is C24H31N3O. The first-order valence-electron chi connectivity index (χ1n) is 10.0. The van der Waals surface area contributed by atoms with E-state index < -0.39 is 0 Å². The number of fused-ring (bicyclic) bond motifs is 1. The van der Waals surface area contributed by atoms with Crippen molar-refractivity contribution in [3.63, 3.8) is 0 Å². The molecule has 0 N–H and O–H groups in total. The van der Waals surface area contributed by atoms with Gasteiger partial charge in [0.2, 0.25) is 0 Å². The number of hydrogen-bond acceptors (Lipinski definition) is 3. The molecule has 0 aromatic carbocycles. The predicted octanol–water partition coefficient (Wildman–Crippen LogP) is 5.91. The lowest BCUT2D eigenvalue weighted by atomic mass is 10.0. The second-order valence-electron chi connectivity index (χ2n) is 7.66. The lowest BCUT2D eigenvalue weighted by molar-refractivity contribution is 0.236. The average Bonchev–Trinajstić information content (AvgIpc) is 3.00. The summed E-state index contributed by atoms with van der Waals surface area (Å²) in [6, 6.07) is 6.57. The zero-order valence-corrected chi connectivity index (χ0v) is 18.1. The van der Waals surface area contributed by atoms with E-state index in [1.165, 1.54) is 0 Å². The molecule has 148 valence electrons. The van der Waals surface area contributed by atoms with E-state index in [-0.39, 0.29) is 0 Å². The minimum absolute atomic E-state index is 0.423. The normalized spacial score (nSPS) is 12.4. The Labute approximate surface area is 168 Å². The first-order chi connectivity index (χ1) is 13.4. The first-order valence-corrected chi connectivity index (χ1v) is 10.0. The van der Waals surface area contributed by atoms with Crippen LogP contribution in [0.5, 0.6) is 0 Å². The number of ether oxygens (including phenoxy) is 1. The molecule has 0 fully saturated rings. The summed E-state index contributed by atoms with van der Waals surface area (Å²) in [5, 5.41) is 0. The summed E-state index contributed by atoms with van der Waals surface area (Å²) in [5.74, 6) is 0.423. The Bertz CT molecular complexity index is 1030. The van der Waals surface area contributed by atoms with Gasteiger partial charge in [-0.3, -0.25) is 4.98 Å². The topological polar surface area (TPSA) is 39.9 Å². The number of rotatable bonds is 6. The molecule has 4 nitrogen and oxygen atoms in total. The fourth-order valence-corrected chi connectivity index (χ4v) is 3.67. The lowest BCUT2D eigenvalue weighted by Crippen LogP contribution is -2.03. The van der Waals surface area contributed by atoms with Crippen LogP contribution in [0.25, 0.3) is 28.0 Å². The fraction of sp³-hybridized carbons (Fsp3) is 0.417. The maximum atomic E-state index is 5.37. The van der Waals surface area contributed by atoms with E-state index in [0.717, 1.165) is 56.9 Å². The smallest absolute Gasteiger partial charge is 0.0921 e. The van der Waals surface area contributed by atoms with Gasteiger partial charge in [-0.15, -0.1) is 0 Å². The lowest BCUT2D eigenvalue weighted by Gasteiger charge is -2.14. The quantitative estimate of drug-likeness (QED) is 0.536. The zero-order valence-electron chi connectivity index (χ0n) is 18.1. The molecule has 3 heterocycles. The number of nitrogens with zero attached hydrogens (tertiary/aromatic N) is 3. The van der Waals surface area contributed by atoms with Crippen LogP contribution >= 0.6 is 0 Å². The van der Waals surface area contributed by atoms with Gasteiger partial charge in [-0.25, -0.2) is 4.98 Å². The molecule has 3 aromatic heterocycles. The molecule has 0 radical (unpaired) electrons. The van der Waals surface area contributed by atoms with Crippen molar-refractivity contribution in [1.29, 1.82) is 0 Å². The Hall–Kier alpha value is -2.46. The van der Waals surface area contributed by atoms with Crippen LogP contribution in [0.2, 0.25) is 0 Å². The molecule has 3 rings (SSSR count). The molecule has 0 amide bonds. The maximum Gasteiger partial charge on any atom is 0.0921 e. The minimum Gasteiger partial charge on any atom is -0.378 e. The van der Waals surface area contributed by atoms with Crippen molar-refractivity contribution in [2.75, 3.05) is 13.7 Å². The molecule has 28 heavy (non-hydrogen) atoms. The van der Waals surface area contributed by atoms with Gasteiger partial charge in [0.25, 0.3) is 0 Å². The van der Waals surface area contributed by atoms with Crippen LogP contribution in [0.3, 0.4) is 0 Å². The molecule has 0 aliphatic heterocycles. The summed E-state index contributed by atoms with van der Waals surface area (Å²) >= 11 is 0. The Morgan fingerprint density at radius 1 is 1.18 bits per heavy atom. The highest BCUT2D eigenvalue weighted by Crippen LogP contribution is 2.31. The highest BCUT2D eigenvalue weighted by atomic mass is 16.5. The molecule has 0 bridgehead atoms. The van der Waals surface area contributed by atoms with Crippen molar-refractivity contribution in [3.05, 3.63) is 53.0 Å². The van der Waals surface area contributed by atoms with Crippen molar-refractivity contribution < 1.29 is 4.74 Å². The third-order valence-electron chi connectivity index (χ3n) is 5.26. The van der Waals surface area contributed by atoms with Crippen molar-refractivity contribution in [2.24, 2.45) is 0 Å². The molecule has 0 aliphatic carbocycles. The SMILES string of the molecule is C/C=C(/COC)n1cc(C)c2nc(-c3ccc(C(C)C)nc3CC)c(C)cc21. The second-order valence-corrected chi connectivity index (χ2v) is 7.66. The average molecular weight is 378 g/mol. The van der Waals surface area contributed by atoms with E-state index in [1.807, 2.05) is 6.92 Å².